The number of benzene rings is 2. The molecule has 1 amide bonds. The largest absolute Gasteiger partial charge is 0.496 e. The maximum Gasteiger partial charge on any atom is 0.257 e. The summed E-state index contributed by atoms with van der Waals surface area (Å²) in [6.07, 6.45) is 0.355. The zero-order valence-electron chi connectivity index (χ0n) is 12.8. The molecular formula is C17H14BrN3O2S. The number of methoxy groups -OCH3 is 1. The highest BCUT2D eigenvalue weighted by molar-refractivity contribution is 9.10. The van der Waals surface area contributed by atoms with Crippen molar-refractivity contribution in [2.75, 3.05) is 12.4 Å². The van der Waals surface area contributed by atoms with Gasteiger partial charge in [-0.25, -0.2) is 0 Å². The second-order valence-electron chi connectivity index (χ2n) is 4.79. The molecule has 24 heavy (non-hydrogen) atoms. The van der Waals surface area contributed by atoms with Gasteiger partial charge in [0.05, 0.1) is 24.1 Å². The van der Waals surface area contributed by atoms with Gasteiger partial charge in [0, 0.05) is 11.3 Å². The number of hydrogen-bond donors (Lipinski definition) is 2. The number of rotatable bonds is 4. The normalized spacial score (nSPS) is 9.71. The van der Waals surface area contributed by atoms with Gasteiger partial charge in [-0.2, -0.15) is 5.26 Å². The summed E-state index contributed by atoms with van der Waals surface area (Å²) in [5, 5.41) is 14.4. The molecule has 2 aromatic rings. The van der Waals surface area contributed by atoms with Crippen molar-refractivity contribution in [1.29, 1.82) is 5.26 Å². The smallest absolute Gasteiger partial charge is 0.257 e. The van der Waals surface area contributed by atoms with Crippen molar-refractivity contribution in [3.8, 4) is 11.8 Å². The SMILES string of the molecule is COc1ccc(C(=O)NC(=S)Nc2ccc(CC#N)cc2)cc1Br. The minimum atomic E-state index is -0.322. The fourth-order valence-corrected chi connectivity index (χ4v) is 2.69. The molecule has 0 spiro atoms. The maximum atomic E-state index is 12.2. The summed E-state index contributed by atoms with van der Waals surface area (Å²) in [5.41, 5.74) is 2.11. The Balaban J connectivity index is 1.97. The van der Waals surface area contributed by atoms with E-state index in [2.05, 4.69) is 32.6 Å². The molecule has 2 N–H and O–H groups in total. The van der Waals surface area contributed by atoms with Crippen LogP contribution in [0.1, 0.15) is 15.9 Å². The van der Waals surface area contributed by atoms with Crippen LogP contribution in [0, 0.1) is 11.3 Å². The summed E-state index contributed by atoms with van der Waals surface area (Å²) in [6.45, 7) is 0. The van der Waals surface area contributed by atoms with Crippen molar-refractivity contribution in [3.63, 3.8) is 0 Å². The summed E-state index contributed by atoms with van der Waals surface area (Å²) in [4.78, 5) is 12.2. The lowest BCUT2D eigenvalue weighted by atomic mass is 10.1. The number of carbonyl (C=O) groups excluding carboxylic acids is 1. The van der Waals surface area contributed by atoms with E-state index in [-0.39, 0.29) is 11.0 Å². The Hall–Kier alpha value is -2.43. The predicted octanol–water partition coefficient (Wildman–Crippen LogP) is 3.65. The predicted molar refractivity (Wildman–Crippen MR) is 100 cm³/mol. The minimum absolute atomic E-state index is 0.194. The molecular weight excluding hydrogens is 390 g/mol. The fraction of sp³-hybridized carbons (Fsp3) is 0.118. The van der Waals surface area contributed by atoms with E-state index in [1.165, 1.54) is 0 Å². The zero-order valence-corrected chi connectivity index (χ0v) is 15.2. The van der Waals surface area contributed by atoms with Gasteiger partial charge in [-0.1, -0.05) is 12.1 Å². The molecule has 0 fully saturated rings. The number of amides is 1. The zero-order chi connectivity index (χ0) is 17.5. The lowest BCUT2D eigenvalue weighted by Gasteiger charge is -2.11. The molecule has 0 heterocycles. The van der Waals surface area contributed by atoms with Crippen LogP contribution in [0.15, 0.2) is 46.9 Å². The highest BCUT2D eigenvalue weighted by atomic mass is 79.9. The molecule has 0 aliphatic heterocycles. The van der Waals surface area contributed by atoms with Gasteiger partial charge in [0.2, 0.25) is 0 Å². The standard InChI is InChI=1S/C17H14BrN3O2S/c1-23-15-7-4-12(10-14(15)18)16(22)21-17(24)20-13-5-2-11(3-6-13)8-9-19/h2-7,10H,8H2,1H3,(H2,20,21,22,24). The van der Waals surface area contributed by atoms with Gasteiger partial charge in [-0.05, 0) is 64.0 Å². The Bertz CT molecular complexity index is 800. The van der Waals surface area contributed by atoms with E-state index in [0.717, 1.165) is 11.3 Å². The molecule has 0 unspecified atom stereocenters. The van der Waals surface area contributed by atoms with Crippen molar-refractivity contribution >= 4 is 44.9 Å². The van der Waals surface area contributed by atoms with Crippen LogP contribution >= 0.6 is 28.1 Å². The molecule has 0 atom stereocenters. The third kappa shape index (κ3) is 4.78. The van der Waals surface area contributed by atoms with E-state index >= 15 is 0 Å². The summed E-state index contributed by atoms with van der Waals surface area (Å²) < 4.78 is 5.81. The number of nitrogens with zero attached hydrogens (tertiary/aromatic N) is 1. The minimum Gasteiger partial charge on any atom is -0.496 e. The lowest BCUT2D eigenvalue weighted by Crippen LogP contribution is -2.34. The van der Waals surface area contributed by atoms with E-state index in [0.29, 0.717) is 22.2 Å². The van der Waals surface area contributed by atoms with Crippen molar-refractivity contribution in [2.24, 2.45) is 0 Å². The molecule has 0 aliphatic rings. The highest BCUT2D eigenvalue weighted by Crippen LogP contribution is 2.25. The number of hydrogen-bond acceptors (Lipinski definition) is 4. The van der Waals surface area contributed by atoms with Crippen LogP contribution in [0.25, 0.3) is 0 Å². The van der Waals surface area contributed by atoms with Gasteiger partial charge in [0.1, 0.15) is 5.75 Å². The topological polar surface area (TPSA) is 74.2 Å². The molecule has 0 saturated carbocycles. The van der Waals surface area contributed by atoms with Crippen LogP contribution in [0.5, 0.6) is 5.75 Å². The van der Waals surface area contributed by atoms with Crippen LogP contribution in [0.3, 0.4) is 0 Å². The number of nitrogens with one attached hydrogen (secondary N) is 2. The lowest BCUT2D eigenvalue weighted by molar-refractivity contribution is 0.0977. The molecule has 0 radical (unpaired) electrons. The third-order valence-electron chi connectivity index (χ3n) is 3.14. The Morgan fingerprint density at radius 2 is 2.00 bits per heavy atom. The summed E-state index contributed by atoms with van der Waals surface area (Å²) >= 11 is 8.48. The van der Waals surface area contributed by atoms with Crippen molar-refractivity contribution in [1.82, 2.24) is 5.32 Å². The van der Waals surface area contributed by atoms with Crippen LogP contribution in [0.4, 0.5) is 5.69 Å². The first-order valence-corrected chi connectivity index (χ1v) is 8.15. The molecule has 122 valence electrons. The quantitative estimate of drug-likeness (QED) is 0.762. The third-order valence-corrected chi connectivity index (χ3v) is 3.96. The van der Waals surface area contributed by atoms with E-state index in [4.69, 9.17) is 22.2 Å². The molecule has 0 aromatic heterocycles. The number of carbonyl (C=O) groups is 1. The molecule has 0 aliphatic carbocycles. The van der Waals surface area contributed by atoms with E-state index in [1.54, 1.807) is 37.4 Å². The number of halogens is 1. The average molecular weight is 404 g/mol. The van der Waals surface area contributed by atoms with E-state index in [1.807, 2.05) is 12.1 Å². The monoisotopic (exact) mass is 403 g/mol. The van der Waals surface area contributed by atoms with Gasteiger partial charge >= 0.3 is 0 Å². The fourth-order valence-electron chi connectivity index (χ4n) is 1.94. The molecule has 7 heteroatoms. The van der Waals surface area contributed by atoms with Gasteiger partial charge in [-0.15, -0.1) is 0 Å². The number of thiocarbonyl (C=S) groups is 1. The Morgan fingerprint density at radius 3 is 2.58 bits per heavy atom. The van der Waals surface area contributed by atoms with Crippen molar-refractivity contribution in [3.05, 3.63) is 58.1 Å². The molecule has 2 rings (SSSR count). The van der Waals surface area contributed by atoms with Gasteiger partial charge in [-0.3, -0.25) is 10.1 Å². The summed E-state index contributed by atoms with van der Waals surface area (Å²) in [7, 11) is 1.56. The molecule has 2 aromatic carbocycles. The Labute approximate surface area is 153 Å². The molecule has 5 nitrogen and oxygen atoms in total. The maximum absolute atomic E-state index is 12.2. The second-order valence-corrected chi connectivity index (χ2v) is 6.05. The number of nitriles is 1. The first-order valence-electron chi connectivity index (χ1n) is 6.95. The van der Waals surface area contributed by atoms with Crippen molar-refractivity contribution in [2.45, 2.75) is 6.42 Å². The number of ether oxygens (including phenoxy) is 1. The first kappa shape index (κ1) is 17.9. The van der Waals surface area contributed by atoms with E-state index in [9.17, 15) is 4.79 Å². The van der Waals surface area contributed by atoms with Gasteiger partial charge in [0.15, 0.2) is 5.11 Å². The van der Waals surface area contributed by atoms with Crippen LogP contribution < -0.4 is 15.4 Å². The van der Waals surface area contributed by atoms with Crippen LogP contribution in [-0.4, -0.2) is 18.1 Å². The summed E-state index contributed by atoms with van der Waals surface area (Å²) in [5.74, 6) is 0.321. The van der Waals surface area contributed by atoms with Gasteiger partial charge in [0.25, 0.3) is 5.91 Å². The highest BCUT2D eigenvalue weighted by Gasteiger charge is 2.10. The average Bonchev–Trinajstić information content (AvgIpc) is 2.56. The van der Waals surface area contributed by atoms with Crippen LogP contribution in [-0.2, 0) is 6.42 Å². The molecule has 0 bridgehead atoms. The van der Waals surface area contributed by atoms with Gasteiger partial charge < -0.3 is 10.1 Å². The van der Waals surface area contributed by atoms with Crippen LogP contribution in [0.2, 0.25) is 0 Å². The Morgan fingerprint density at radius 1 is 1.29 bits per heavy atom. The first-order chi connectivity index (χ1) is 11.5. The summed E-state index contributed by atoms with van der Waals surface area (Å²) in [6, 6.07) is 14.4. The second kappa shape index (κ2) is 8.43. The van der Waals surface area contributed by atoms with Crippen molar-refractivity contribution < 1.29 is 9.53 Å². The Kier molecular flexibility index (Phi) is 6.29. The van der Waals surface area contributed by atoms with E-state index < -0.39 is 0 Å². The number of anilines is 1. The molecule has 0 saturated heterocycles.